The molecule has 3 aromatic carbocycles. The highest BCUT2D eigenvalue weighted by atomic mass is 127. The van der Waals surface area contributed by atoms with Gasteiger partial charge in [-0.3, -0.25) is 19.7 Å². The Morgan fingerprint density at radius 1 is 1.03 bits per heavy atom. The molecule has 3 aromatic rings. The van der Waals surface area contributed by atoms with Crippen LogP contribution in [0.4, 0.5) is 16.2 Å². The normalized spacial score (nSPS) is 14.3. The average molecular weight is 701 g/mol. The zero-order valence-corrected chi connectivity index (χ0v) is 24.3. The van der Waals surface area contributed by atoms with Gasteiger partial charge in [0.05, 0.1) is 26.4 Å². The van der Waals surface area contributed by atoms with Crippen LogP contribution in [0.25, 0.3) is 6.08 Å². The molecule has 4 rings (SSSR count). The molecule has 9 nitrogen and oxygen atoms in total. The van der Waals surface area contributed by atoms with Gasteiger partial charge >= 0.3 is 6.03 Å². The molecule has 1 fully saturated rings. The maximum absolute atomic E-state index is 13.1. The summed E-state index contributed by atoms with van der Waals surface area (Å²) in [6.45, 7) is -0.341. The summed E-state index contributed by atoms with van der Waals surface area (Å²) in [5.74, 6) is -1.57. The first-order chi connectivity index (χ1) is 18.6. The Balaban J connectivity index is 1.54. The number of nitrogens with one attached hydrogen (secondary N) is 2. The summed E-state index contributed by atoms with van der Waals surface area (Å²) in [6, 6.07) is 13.0. The van der Waals surface area contributed by atoms with Crippen LogP contribution in [-0.4, -0.2) is 37.5 Å². The molecule has 1 heterocycles. The van der Waals surface area contributed by atoms with Gasteiger partial charge in [0.1, 0.15) is 5.57 Å². The van der Waals surface area contributed by atoms with Crippen LogP contribution >= 0.6 is 57.4 Å². The molecule has 13 heteroatoms. The van der Waals surface area contributed by atoms with Crippen molar-refractivity contribution >= 4 is 98.6 Å². The number of rotatable bonds is 7. The number of nitrogens with zero attached hydrogens (tertiary/aromatic N) is 1. The molecule has 0 atom stereocenters. The van der Waals surface area contributed by atoms with Crippen LogP contribution in [0.2, 0.25) is 15.1 Å². The quantitative estimate of drug-likeness (QED) is 0.179. The van der Waals surface area contributed by atoms with E-state index in [1.165, 1.54) is 49.6 Å². The van der Waals surface area contributed by atoms with Crippen molar-refractivity contribution in [1.29, 1.82) is 0 Å². The van der Waals surface area contributed by atoms with Gasteiger partial charge in [-0.15, -0.1) is 0 Å². The molecule has 1 aliphatic rings. The van der Waals surface area contributed by atoms with Crippen LogP contribution in [-0.2, 0) is 14.4 Å². The van der Waals surface area contributed by atoms with E-state index in [1.807, 2.05) is 22.6 Å². The number of hydrogen-bond acceptors (Lipinski definition) is 6. The molecular formula is C26H17Cl3IN3O6. The molecule has 0 aromatic heterocycles. The molecule has 0 saturated carbocycles. The van der Waals surface area contributed by atoms with Crippen LogP contribution in [0.1, 0.15) is 5.56 Å². The lowest BCUT2D eigenvalue weighted by atomic mass is 10.1. The number of carbonyl (C=O) groups excluding carboxylic acids is 4. The lowest BCUT2D eigenvalue weighted by molar-refractivity contribution is -0.122. The molecule has 0 radical (unpaired) electrons. The van der Waals surface area contributed by atoms with E-state index < -0.39 is 23.8 Å². The van der Waals surface area contributed by atoms with Gasteiger partial charge in [-0.1, -0.05) is 34.8 Å². The Hall–Kier alpha value is -3.32. The van der Waals surface area contributed by atoms with Gasteiger partial charge in [0.2, 0.25) is 0 Å². The van der Waals surface area contributed by atoms with Gasteiger partial charge < -0.3 is 14.8 Å². The van der Waals surface area contributed by atoms with Crippen LogP contribution in [0.5, 0.6) is 11.5 Å². The summed E-state index contributed by atoms with van der Waals surface area (Å²) in [6.07, 6.45) is 1.33. The van der Waals surface area contributed by atoms with Crippen molar-refractivity contribution in [1.82, 2.24) is 5.32 Å². The number of barbiturate groups is 1. The summed E-state index contributed by atoms with van der Waals surface area (Å²) < 4.78 is 11.7. The van der Waals surface area contributed by atoms with Crippen LogP contribution < -0.4 is 25.0 Å². The molecule has 200 valence electrons. The number of hydrogen-bond donors (Lipinski definition) is 2. The molecule has 5 amide bonds. The zero-order valence-electron chi connectivity index (χ0n) is 19.9. The number of methoxy groups -OCH3 is 1. The number of urea groups is 1. The minimum Gasteiger partial charge on any atom is -0.493 e. The Labute approximate surface area is 251 Å². The predicted molar refractivity (Wildman–Crippen MR) is 157 cm³/mol. The number of amides is 5. The van der Waals surface area contributed by atoms with Crippen molar-refractivity contribution in [2.45, 2.75) is 0 Å². The second-order valence-corrected chi connectivity index (χ2v) is 10.3. The number of anilines is 2. The van der Waals surface area contributed by atoms with Gasteiger partial charge in [0, 0.05) is 10.7 Å². The summed E-state index contributed by atoms with van der Waals surface area (Å²) >= 11 is 19.8. The first-order valence-corrected chi connectivity index (χ1v) is 13.2. The van der Waals surface area contributed by atoms with Crippen LogP contribution in [0, 0.1) is 3.57 Å². The predicted octanol–water partition coefficient (Wildman–Crippen LogP) is 5.94. The zero-order chi connectivity index (χ0) is 28.3. The van der Waals surface area contributed by atoms with Crippen molar-refractivity contribution in [2.24, 2.45) is 0 Å². The fourth-order valence-corrected chi connectivity index (χ4v) is 4.73. The third kappa shape index (κ3) is 6.64. The SMILES string of the molecule is COc1cc(/C=C2/C(=O)NC(=O)N(c3ccc(Cl)cc3)C2=O)cc(I)c1OCC(=O)Nc1ccc(Cl)c(Cl)c1. The Morgan fingerprint density at radius 2 is 1.74 bits per heavy atom. The number of carbonyl (C=O) groups is 4. The summed E-state index contributed by atoms with van der Waals surface area (Å²) in [5.41, 5.74) is 0.850. The van der Waals surface area contributed by atoms with Gasteiger partial charge in [0.15, 0.2) is 18.1 Å². The van der Waals surface area contributed by atoms with E-state index in [9.17, 15) is 19.2 Å². The molecule has 1 aliphatic heterocycles. The number of benzene rings is 3. The number of imide groups is 2. The molecule has 0 unspecified atom stereocenters. The van der Waals surface area contributed by atoms with Gasteiger partial charge in [-0.05, 0) is 88.8 Å². The van der Waals surface area contributed by atoms with Crippen molar-refractivity contribution in [3.8, 4) is 11.5 Å². The molecule has 0 bridgehead atoms. The lowest BCUT2D eigenvalue weighted by Crippen LogP contribution is -2.54. The Bertz CT molecular complexity index is 1530. The van der Waals surface area contributed by atoms with E-state index in [-0.39, 0.29) is 29.4 Å². The molecule has 0 spiro atoms. The van der Waals surface area contributed by atoms with E-state index in [4.69, 9.17) is 44.3 Å². The van der Waals surface area contributed by atoms with Crippen LogP contribution in [0.3, 0.4) is 0 Å². The molecule has 1 saturated heterocycles. The monoisotopic (exact) mass is 699 g/mol. The van der Waals surface area contributed by atoms with E-state index >= 15 is 0 Å². The van der Waals surface area contributed by atoms with E-state index in [0.717, 1.165) is 4.90 Å². The van der Waals surface area contributed by atoms with Gasteiger partial charge in [0.25, 0.3) is 17.7 Å². The minimum absolute atomic E-state index is 0.246. The summed E-state index contributed by atoms with van der Waals surface area (Å²) in [4.78, 5) is 51.3. The third-order valence-corrected chi connectivity index (χ3v) is 7.09. The standard InChI is InChI=1S/C26H17Cl3IN3O6/c1-38-21-10-13(8-17-24(35)32-26(37)33(25(17)36)16-5-2-14(27)3-6-16)9-20(30)23(21)39-12-22(34)31-15-4-7-18(28)19(29)11-15/h2-11H,12H2,1H3,(H,31,34)(H,32,35,37)/b17-8-. The number of halogens is 4. The highest BCUT2D eigenvalue weighted by Crippen LogP contribution is 2.35. The van der Waals surface area contributed by atoms with E-state index in [0.29, 0.717) is 29.9 Å². The number of ether oxygens (including phenoxy) is 2. The van der Waals surface area contributed by atoms with E-state index in [2.05, 4.69) is 10.6 Å². The lowest BCUT2D eigenvalue weighted by Gasteiger charge is -2.26. The maximum Gasteiger partial charge on any atom is 0.335 e. The molecular weight excluding hydrogens is 684 g/mol. The Morgan fingerprint density at radius 3 is 2.41 bits per heavy atom. The fourth-order valence-electron chi connectivity index (χ4n) is 3.52. The first-order valence-electron chi connectivity index (χ1n) is 11.0. The third-order valence-electron chi connectivity index (χ3n) is 5.30. The molecule has 39 heavy (non-hydrogen) atoms. The van der Waals surface area contributed by atoms with Gasteiger partial charge in [-0.2, -0.15) is 0 Å². The second-order valence-electron chi connectivity index (χ2n) is 7.93. The highest BCUT2D eigenvalue weighted by molar-refractivity contribution is 14.1. The highest BCUT2D eigenvalue weighted by Gasteiger charge is 2.36. The van der Waals surface area contributed by atoms with Crippen molar-refractivity contribution < 1.29 is 28.7 Å². The molecule has 2 N–H and O–H groups in total. The summed E-state index contributed by atoms with van der Waals surface area (Å²) in [5, 5.41) is 5.89. The first kappa shape index (κ1) is 28.7. The minimum atomic E-state index is -0.875. The largest absolute Gasteiger partial charge is 0.493 e. The topological polar surface area (TPSA) is 114 Å². The van der Waals surface area contributed by atoms with Crippen LogP contribution in [0.15, 0.2) is 60.2 Å². The Kier molecular flexibility index (Phi) is 9.01. The fraction of sp³-hybridized carbons (Fsp3) is 0.0769. The van der Waals surface area contributed by atoms with E-state index in [1.54, 1.807) is 18.2 Å². The van der Waals surface area contributed by atoms with Crippen molar-refractivity contribution in [2.75, 3.05) is 23.9 Å². The molecule has 0 aliphatic carbocycles. The van der Waals surface area contributed by atoms with Crippen molar-refractivity contribution in [3.05, 3.63) is 84.4 Å². The smallest absolute Gasteiger partial charge is 0.335 e. The van der Waals surface area contributed by atoms with Crippen molar-refractivity contribution in [3.63, 3.8) is 0 Å². The average Bonchev–Trinajstić information content (AvgIpc) is 2.88. The maximum atomic E-state index is 13.1. The van der Waals surface area contributed by atoms with Gasteiger partial charge in [-0.25, -0.2) is 9.69 Å². The summed E-state index contributed by atoms with van der Waals surface area (Å²) in [7, 11) is 1.41. The second kappa shape index (κ2) is 12.2.